The topological polar surface area (TPSA) is 46.6 Å². The van der Waals surface area contributed by atoms with Crippen LogP contribution in [0.2, 0.25) is 0 Å². The largest absolute Gasteiger partial charge is 0.379 e. The quantitative estimate of drug-likeness (QED) is 0.591. The summed E-state index contributed by atoms with van der Waals surface area (Å²) < 4.78 is 29.6. The molecule has 0 N–H and O–H groups in total. The molecule has 1 saturated heterocycles. The Labute approximate surface area is 73.6 Å². The van der Waals surface area contributed by atoms with Gasteiger partial charge in [0.1, 0.15) is 0 Å². The van der Waals surface area contributed by atoms with Gasteiger partial charge in [-0.3, -0.25) is 0 Å². The smallest absolute Gasteiger partial charge is 0.216 e. The maximum Gasteiger partial charge on any atom is 0.216 e. The fourth-order valence-electron chi connectivity index (χ4n) is 1.26. The molecule has 0 unspecified atom stereocenters. The molecule has 1 rings (SSSR count). The van der Waals surface area contributed by atoms with E-state index in [0.717, 1.165) is 0 Å². The molecule has 0 aromatic carbocycles. The normalized spacial score (nSPS) is 25.6. The fraction of sp³-hybridized carbons (Fsp3) is 1.00. The molecule has 0 aromatic rings. The molecule has 0 radical (unpaired) electrons. The molecule has 0 aromatic heterocycles. The van der Waals surface area contributed by atoms with E-state index in [9.17, 15) is 8.42 Å². The third-order valence-electron chi connectivity index (χ3n) is 1.87. The van der Waals surface area contributed by atoms with E-state index >= 15 is 0 Å². The van der Waals surface area contributed by atoms with Crippen LogP contribution in [-0.2, 0) is 14.8 Å². The summed E-state index contributed by atoms with van der Waals surface area (Å²) in [6.07, 6.45) is 0. The molecule has 5 heteroatoms. The van der Waals surface area contributed by atoms with Crippen LogP contribution >= 0.6 is 0 Å². The zero-order valence-corrected chi connectivity index (χ0v) is 8.30. The number of ether oxygens (including phenoxy) is 1. The van der Waals surface area contributed by atoms with Crippen molar-refractivity contribution < 1.29 is 13.2 Å². The van der Waals surface area contributed by atoms with Gasteiger partial charge in [-0.2, -0.15) is 4.31 Å². The van der Waals surface area contributed by atoms with Crippen molar-refractivity contribution >= 4 is 10.0 Å². The molecule has 0 spiro atoms. The molecule has 4 nitrogen and oxygen atoms in total. The van der Waals surface area contributed by atoms with E-state index in [4.69, 9.17) is 4.74 Å². The minimum Gasteiger partial charge on any atom is -0.379 e. The number of sulfonamides is 1. The van der Waals surface area contributed by atoms with Crippen molar-refractivity contribution in [3.8, 4) is 0 Å². The lowest BCUT2D eigenvalue weighted by Gasteiger charge is -2.22. The van der Waals surface area contributed by atoms with Crippen LogP contribution in [0.4, 0.5) is 0 Å². The maximum absolute atomic E-state index is 11.5. The molecule has 72 valence electrons. The first-order valence-corrected chi connectivity index (χ1v) is 5.72. The van der Waals surface area contributed by atoms with E-state index in [1.54, 1.807) is 0 Å². The van der Waals surface area contributed by atoms with Crippen molar-refractivity contribution in [1.29, 1.82) is 0 Å². The van der Waals surface area contributed by atoms with Gasteiger partial charge >= 0.3 is 0 Å². The van der Waals surface area contributed by atoms with Crippen LogP contribution in [-0.4, -0.2) is 44.3 Å². The standard InChI is InChI=1S/C7H15NO3S/c1-7(2)8-3-4-11-5-6-12(8,9)10/h7H,3-6H2,1-2H3. The van der Waals surface area contributed by atoms with Gasteiger partial charge in [0.05, 0.1) is 19.0 Å². The molecule has 0 aliphatic carbocycles. The Morgan fingerprint density at radius 2 is 2.00 bits per heavy atom. The van der Waals surface area contributed by atoms with Crippen LogP contribution < -0.4 is 0 Å². The zero-order chi connectivity index (χ0) is 9.19. The third kappa shape index (κ3) is 2.18. The van der Waals surface area contributed by atoms with Crippen molar-refractivity contribution in [2.24, 2.45) is 0 Å². The number of hydrogen-bond acceptors (Lipinski definition) is 3. The van der Waals surface area contributed by atoms with Gasteiger partial charge in [-0.15, -0.1) is 0 Å². The van der Waals surface area contributed by atoms with Crippen molar-refractivity contribution in [2.75, 3.05) is 25.5 Å². The molecule has 1 heterocycles. The minimum absolute atomic E-state index is 0.0386. The molecule has 12 heavy (non-hydrogen) atoms. The minimum atomic E-state index is -3.05. The first-order valence-electron chi connectivity index (χ1n) is 4.11. The Hall–Kier alpha value is -0.130. The summed E-state index contributed by atoms with van der Waals surface area (Å²) in [5.74, 6) is 0.116. The second-order valence-corrected chi connectivity index (χ2v) is 5.17. The van der Waals surface area contributed by atoms with Gasteiger partial charge in [0.25, 0.3) is 0 Å². The molecular formula is C7H15NO3S. The van der Waals surface area contributed by atoms with Crippen LogP contribution in [0.5, 0.6) is 0 Å². The molecule has 1 fully saturated rings. The first-order chi connectivity index (χ1) is 5.54. The van der Waals surface area contributed by atoms with Crippen molar-refractivity contribution in [3.05, 3.63) is 0 Å². The molecular weight excluding hydrogens is 178 g/mol. The van der Waals surface area contributed by atoms with Crippen LogP contribution in [0.25, 0.3) is 0 Å². The second-order valence-electron chi connectivity index (χ2n) is 3.13. The monoisotopic (exact) mass is 193 g/mol. The lowest BCUT2D eigenvalue weighted by molar-refractivity contribution is 0.142. The van der Waals surface area contributed by atoms with Crippen LogP contribution in [0.3, 0.4) is 0 Å². The van der Waals surface area contributed by atoms with E-state index in [1.165, 1.54) is 4.31 Å². The highest BCUT2D eigenvalue weighted by atomic mass is 32.2. The Kier molecular flexibility index (Phi) is 3.09. The Morgan fingerprint density at radius 1 is 1.33 bits per heavy atom. The highest BCUT2D eigenvalue weighted by molar-refractivity contribution is 7.89. The highest BCUT2D eigenvalue weighted by Crippen LogP contribution is 2.09. The summed E-state index contributed by atoms with van der Waals surface area (Å²) in [7, 11) is -3.05. The maximum atomic E-state index is 11.5. The summed E-state index contributed by atoms with van der Waals surface area (Å²) in [4.78, 5) is 0. The van der Waals surface area contributed by atoms with E-state index in [1.807, 2.05) is 13.8 Å². The third-order valence-corrected chi connectivity index (χ3v) is 3.88. The molecule has 0 saturated carbocycles. The Morgan fingerprint density at radius 3 is 2.58 bits per heavy atom. The summed E-state index contributed by atoms with van der Waals surface area (Å²) in [5.41, 5.74) is 0. The van der Waals surface area contributed by atoms with Gasteiger partial charge < -0.3 is 4.74 Å². The summed E-state index contributed by atoms with van der Waals surface area (Å²) in [6.45, 7) is 5.08. The number of rotatable bonds is 1. The fourth-order valence-corrected chi connectivity index (χ4v) is 2.81. The summed E-state index contributed by atoms with van der Waals surface area (Å²) in [6, 6.07) is 0.0386. The van der Waals surface area contributed by atoms with Gasteiger partial charge in [-0.05, 0) is 13.8 Å². The molecule has 0 atom stereocenters. The predicted octanol–water partition coefficient (Wildman–Crippen LogP) is 0.0568. The van der Waals surface area contributed by atoms with E-state index < -0.39 is 10.0 Å². The Bertz CT molecular complexity index is 235. The van der Waals surface area contributed by atoms with Gasteiger partial charge in [-0.25, -0.2) is 8.42 Å². The van der Waals surface area contributed by atoms with E-state index in [0.29, 0.717) is 19.8 Å². The molecule has 0 bridgehead atoms. The molecule has 0 amide bonds. The van der Waals surface area contributed by atoms with Crippen LogP contribution in [0, 0.1) is 0 Å². The van der Waals surface area contributed by atoms with Crippen LogP contribution in [0.1, 0.15) is 13.8 Å². The van der Waals surface area contributed by atoms with Gasteiger partial charge in [0.2, 0.25) is 10.0 Å². The average molecular weight is 193 g/mol. The SMILES string of the molecule is CC(C)N1CCOCCS1(=O)=O. The van der Waals surface area contributed by atoms with E-state index in [-0.39, 0.29) is 11.8 Å². The second kappa shape index (κ2) is 3.72. The van der Waals surface area contributed by atoms with Crippen molar-refractivity contribution in [3.63, 3.8) is 0 Å². The molecule has 1 aliphatic rings. The Balaban J connectivity index is 2.80. The first kappa shape index (κ1) is 9.95. The average Bonchev–Trinajstić information content (AvgIpc) is 2.09. The highest BCUT2D eigenvalue weighted by Gasteiger charge is 2.26. The number of hydrogen-bond donors (Lipinski definition) is 0. The van der Waals surface area contributed by atoms with Gasteiger partial charge in [0.15, 0.2) is 0 Å². The van der Waals surface area contributed by atoms with Gasteiger partial charge in [0, 0.05) is 12.6 Å². The van der Waals surface area contributed by atoms with Crippen molar-refractivity contribution in [1.82, 2.24) is 4.31 Å². The number of nitrogens with zero attached hydrogens (tertiary/aromatic N) is 1. The lowest BCUT2D eigenvalue weighted by Crippen LogP contribution is -2.38. The van der Waals surface area contributed by atoms with E-state index in [2.05, 4.69) is 0 Å². The van der Waals surface area contributed by atoms with Crippen molar-refractivity contribution in [2.45, 2.75) is 19.9 Å². The lowest BCUT2D eigenvalue weighted by atomic mass is 10.4. The van der Waals surface area contributed by atoms with Gasteiger partial charge in [-0.1, -0.05) is 0 Å². The zero-order valence-electron chi connectivity index (χ0n) is 7.49. The summed E-state index contributed by atoms with van der Waals surface area (Å²) in [5, 5.41) is 0. The predicted molar refractivity (Wildman–Crippen MR) is 46.4 cm³/mol. The summed E-state index contributed by atoms with van der Waals surface area (Å²) >= 11 is 0. The van der Waals surface area contributed by atoms with Crippen LogP contribution in [0.15, 0.2) is 0 Å². The molecule has 1 aliphatic heterocycles.